The van der Waals surface area contributed by atoms with Crippen LogP contribution >= 0.6 is 0 Å². The first-order valence-electron chi connectivity index (χ1n) is 24.2. The van der Waals surface area contributed by atoms with E-state index in [1.807, 2.05) is 0 Å². The second kappa shape index (κ2) is 17.2. The van der Waals surface area contributed by atoms with E-state index in [0.717, 1.165) is 22.6 Å². The molecule has 0 saturated heterocycles. The lowest BCUT2D eigenvalue weighted by Gasteiger charge is -2.34. The third-order valence-electron chi connectivity index (χ3n) is 14.6. The molecule has 1 heteroatoms. The van der Waals surface area contributed by atoms with Crippen molar-refractivity contribution in [2.75, 3.05) is 4.90 Å². The summed E-state index contributed by atoms with van der Waals surface area (Å²) in [4.78, 5) is 2.41. The summed E-state index contributed by atoms with van der Waals surface area (Å²) in [6, 6.07) is 105. The van der Waals surface area contributed by atoms with Crippen LogP contribution in [0.2, 0.25) is 0 Å². The van der Waals surface area contributed by atoms with Crippen molar-refractivity contribution in [2.45, 2.75) is 5.41 Å². The number of rotatable bonds is 9. The van der Waals surface area contributed by atoms with Gasteiger partial charge in [0, 0.05) is 17.1 Å². The third-order valence-corrected chi connectivity index (χ3v) is 14.6. The molecule has 1 unspecified atom stereocenters. The largest absolute Gasteiger partial charge is 0.310 e. The lowest BCUT2D eigenvalue weighted by Crippen LogP contribution is -2.28. The average Bonchev–Trinajstić information content (AvgIpc) is 3.75. The van der Waals surface area contributed by atoms with Crippen molar-refractivity contribution in [3.05, 3.63) is 307 Å². The number of anilines is 3. The maximum absolute atomic E-state index is 2.41. The molecule has 0 aromatic heterocycles. The van der Waals surface area contributed by atoms with Crippen LogP contribution in [-0.4, -0.2) is 0 Å². The highest BCUT2D eigenvalue weighted by molar-refractivity contribution is 5.99. The van der Waals surface area contributed by atoms with Crippen LogP contribution in [0.4, 0.5) is 17.1 Å². The highest BCUT2D eigenvalue weighted by atomic mass is 15.1. The normalized spacial score (nSPS) is 13.8. The molecule has 12 aromatic carbocycles. The zero-order valence-corrected chi connectivity index (χ0v) is 38.6. The van der Waals surface area contributed by atoms with Gasteiger partial charge in [0.1, 0.15) is 0 Å². The molecule has 0 aliphatic heterocycles. The molecule has 12 aromatic rings. The Kier molecular flexibility index (Phi) is 10.1. The van der Waals surface area contributed by atoms with Crippen molar-refractivity contribution in [2.24, 2.45) is 0 Å². The number of fused-ring (bicyclic) bond motifs is 5. The molecule has 0 heterocycles. The molecule has 0 saturated carbocycles. The van der Waals surface area contributed by atoms with E-state index < -0.39 is 5.41 Å². The van der Waals surface area contributed by atoms with Gasteiger partial charge in [-0.05, 0) is 136 Å². The van der Waals surface area contributed by atoms with E-state index in [4.69, 9.17) is 0 Å². The van der Waals surface area contributed by atoms with E-state index >= 15 is 0 Å². The van der Waals surface area contributed by atoms with Crippen LogP contribution in [0, 0.1) is 0 Å². The average molecular weight is 890 g/mol. The molecule has 1 aliphatic carbocycles. The molecule has 0 fully saturated rings. The molecule has 0 bridgehead atoms. The summed E-state index contributed by atoms with van der Waals surface area (Å²) < 4.78 is 0. The minimum absolute atomic E-state index is 0.528. The predicted molar refractivity (Wildman–Crippen MR) is 295 cm³/mol. The van der Waals surface area contributed by atoms with Gasteiger partial charge >= 0.3 is 0 Å². The molecule has 0 amide bonds. The van der Waals surface area contributed by atoms with Crippen LogP contribution in [0.3, 0.4) is 0 Å². The van der Waals surface area contributed by atoms with E-state index in [1.54, 1.807) is 0 Å². The third kappa shape index (κ3) is 6.86. The van der Waals surface area contributed by atoms with E-state index in [2.05, 4.69) is 290 Å². The Morgan fingerprint density at radius 2 is 0.671 bits per heavy atom. The molecule has 13 rings (SSSR count). The highest BCUT2D eigenvalue weighted by Crippen LogP contribution is 2.58. The minimum atomic E-state index is -0.528. The highest BCUT2D eigenvalue weighted by Gasteiger charge is 2.46. The van der Waals surface area contributed by atoms with Gasteiger partial charge in [-0.25, -0.2) is 0 Å². The first-order chi connectivity index (χ1) is 34.7. The second-order valence-corrected chi connectivity index (χ2v) is 18.4. The second-order valence-electron chi connectivity index (χ2n) is 18.4. The predicted octanol–water partition coefficient (Wildman–Crippen LogP) is 18.5. The first kappa shape index (κ1) is 41.2. The summed E-state index contributed by atoms with van der Waals surface area (Å²) in [6.45, 7) is 0. The van der Waals surface area contributed by atoms with Crippen molar-refractivity contribution in [3.8, 4) is 55.6 Å². The molecule has 1 nitrogen and oxygen atoms in total. The number of hydrogen-bond acceptors (Lipinski definition) is 1. The molecule has 70 heavy (non-hydrogen) atoms. The van der Waals surface area contributed by atoms with Crippen LogP contribution in [0.5, 0.6) is 0 Å². The molecule has 0 N–H and O–H groups in total. The van der Waals surface area contributed by atoms with Crippen LogP contribution in [-0.2, 0) is 5.41 Å². The van der Waals surface area contributed by atoms with Gasteiger partial charge in [0.25, 0.3) is 0 Å². The van der Waals surface area contributed by atoms with E-state index in [9.17, 15) is 0 Å². The zero-order valence-electron chi connectivity index (χ0n) is 38.6. The van der Waals surface area contributed by atoms with Crippen molar-refractivity contribution < 1.29 is 0 Å². The van der Waals surface area contributed by atoms with Gasteiger partial charge in [0.2, 0.25) is 0 Å². The Balaban J connectivity index is 0.962. The topological polar surface area (TPSA) is 3.24 Å². The van der Waals surface area contributed by atoms with Crippen molar-refractivity contribution in [1.29, 1.82) is 0 Å². The van der Waals surface area contributed by atoms with Crippen LogP contribution in [0.15, 0.2) is 285 Å². The number of benzene rings is 12. The molecule has 0 radical (unpaired) electrons. The van der Waals surface area contributed by atoms with Gasteiger partial charge in [-0.2, -0.15) is 0 Å². The van der Waals surface area contributed by atoms with Crippen molar-refractivity contribution in [1.82, 2.24) is 0 Å². The van der Waals surface area contributed by atoms with Gasteiger partial charge in [0.15, 0.2) is 0 Å². The van der Waals surface area contributed by atoms with Gasteiger partial charge in [-0.3, -0.25) is 0 Å². The lowest BCUT2D eigenvalue weighted by molar-refractivity contribution is 0.769. The maximum atomic E-state index is 2.41. The Morgan fingerprint density at radius 1 is 0.243 bits per heavy atom. The summed E-state index contributed by atoms with van der Waals surface area (Å²) in [5, 5.41) is 4.99. The fraction of sp³-hybridized carbons (Fsp3) is 0.0145. The summed E-state index contributed by atoms with van der Waals surface area (Å²) in [5.41, 5.74) is 20.0. The monoisotopic (exact) mass is 889 g/mol. The Bertz CT molecular complexity index is 3720. The van der Waals surface area contributed by atoms with Gasteiger partial charge in [-0.1, -0.05) is 249 Å². The molecule has 1 atom stereocenters. The first-order valence-corrected chi connectivity index (χ1v) is 24.2. The van der Waals surface area contributed by atoms with Crippen LogP contribution in [0.1, 0.15) is 22.3 Å². The smallest absolute Gasteiger partial charge is 0.0713 e. The van der Waals surface area contributed by atoms with Gasteiger partial charge in [0.05, 0.1) is 5.41 Å². The Labute approximate surface area is 409 Å². The van der Waals surface area contributed by atoms with E-state index in [-0.39, 0.29) is 0 Å². The van der Waals surface area contributed by atoms with Crippen molar-refractivity contribution >= 4 is 38.6 Å². The van der Waals surface area contributed by atoms with Gasteiger partial charge < -0.3 is 4.90 Å². The fourth-order valence-electron chi connectivity index (χ4n) is 11.4. The summed E-state index contributed by atoms with van der Waals surface area (Å²) in [5.74, 6) is 0. The number of hydrogen-bond donors (Lipinski definition) is 0. The molecule has 0 spiro atoms. The standard InChI is InChI=1S/C69H47N/c1-3-17-48(18-4-1)49-35-41-56(42-36-49)69(55-24-5-2-6-25-55)66-33-12-11-29-65(66)68-64(32-16-34-67(68)69)54-23-13-26-59(47-54)70(57-43-37-52(38-44-57)62-30-14-21-50-19-7-9-27-60(50)62)58-45-39-53(40-46-58)63-31-15-22-51-20-8-10-28-61(51)63/h1-47H. The maximum Gasteiger partial charge on any atom is 0.0713 e. The number of nitrogens with zero attached hydrogens (tertiary/aromatic N) is 1. The fourth-order valence-corrected chi connectivity index (χ4v) is 11.4. The quantitative estimate of drug-likeness (QED) is 0.140. The summed E-state index contributed by atoms with van der Waals surface area (Å²) >= 11 is 0. The summed E-state index contributed by atoms with van der Waals surface area (Å²) in [7, 11) is 0. The van der Waals surface area contributed by atoms with E-state index in [0.29, 0.717) is 0 Å². The zero-order chi connectivity index (χ0) is 46.4. The molecule has 328 valence electrons. The minimum Gasteiger partial charge on any atom is -0.310 e. The Hall–Kier alpha value is -9.04. The van der Waals surface area contributed by atoms with Crippen LogP contribution in [0.25, 0.3) is 77.2 Å². The van der Waals surface area contributed by atoms with Crippen molar-refractivity contribution in [3.63, 3.8) is 0 Å². The Morgan fingerprint density at radius 3 is 1.31 bits per heavy atom. The summed E-state index contributed by atoms with van der Waals surface area (Å²) in [6.07, 6.45) is 0. The van der Waals surface area contributed by atoms with E-state index in [1.165, 1.54) is 93.9 Å². The van der Waals surface area contributed by atoms with Crippen LogP contribution < -0.4 is 4.90 Å². The van der Waals surface area contributed by atoms with Gasteiger partial charge in [-0.15, -0.1) is 0 Å². The lowest BCUT2D eigenvalue weighted by atomic mass is 9.67. The SMILES string of the molecule is c1ccc(-c2ccc(C3(c4ccccc4)c4ccccc4-c4c(-c5cccc(N(c6ccc(-c7cccc8ccccc78)cc6)c6ccc(-c7cccc8ccccc78)cc6)c5)cccc43)cc2)cc1. The molecular weight excluding hydrogens is 843 g/mol. The molecule has 1 aliphatic rings. The molecular formula is C69H47N.